The molecule has 0 radical (unpaired) electrons. The first-order chi connectivity index (χ1) is 18.7. The number of hydrogen-bond donors (Lipinski definition) is 2. The van der Waals surface area contributed by atoms with Gasteiger partial charge in [-0.2, -0.15) is 0 Å². The minimum atomic E-state index is -0.566. The number of thiophene rings is 1. The number of nitrogens with one attached hydrogen (secondary N) is 2. The van der Waals surface area contributed by atoms with Crippen molar-refractivity contribution in [1.29, 1.82) is 0 Å². The third-order valence-corrected chi connectivity index (χ3v) is 9.35. The number of fused-ring (bicyclic) bond motifs is 5. The zero-order chi connectivity index (χ0) is 27.1. The number of anilines is 1. The van der Waals surface area contributed by atoms with Gasteiger partial charge in [0.05, 0.1) is 17.7 Å². The van der Waals surface area contributed by atoms with Crippen molar-refractivity contribution < 1.29 is 9.59 Å². The van der Waals surface area contributed by atoms with Crippen LogP contribution in [0.2, 0.25) is 5.02 Å². The Morgan fingerprint density at radius 2 is 1.92 bits per heavy atom. The first-order valence-electron chi connectivity index (χ1n) is 12.9. The highest BCUT2D eigenvalue weighted by molar-refractivity contribution is 7.15. The van der Waals surface area contributed by atoms with Crippen LogP contribution in [0.3, 0.4) is 0 Å². The molecule has 2 aromatic carbocycles. The lowest BCUT2D eigenvalue weighted by Crippen LogP contribution is -2.25. The molecular formula is C29H25ClN6O2S. The number of halogens is 1. The van der Waals surface area contributed by atoms with Gasteiger partial charge in [-0.05, 0) is 69.0 Å². The minimum Gasteiger partial charge on any atom is -0.342 e. The summed E-state index contributed by atoms with van der Waals surface area (Å²) in [6.07, 6.45) is 1.98. The fourth-order valence-corrected chi connectivity index (χ4v) is 6.96. The molecular weight excluding hydrogens is 532 g/mol. The van der Waals surface area contributed by atoms with Crippen molar-refractivity contribution in [2.24, 2.45) is 4.99 Å². The molecule has 0 bridgehead atoms. The third kappa shape index (κ3) is 3.83. The van der Waals surface area contributed by atoms with Crippen LogP contribution in [0, 0.1) is 20.8 Å². The summed E-state index contributed by atoms with van der Waals surface area (Å²) in [6, 6.07) is 12.6. The third-order valence-electron chi connectivity index (χ3n) is 7.90. The van der Waals surface area contributed by atoms with Crippen molar-refractivity contribution in [1.82, 2.24) is 20.1 Å². The maximum Gasteiger partial charge on any atom is 0.252 e. The summed E-state index contributed by atoms with van der Waals surface area (Å²) in [5.74, 6) is 1.06. The fourth-order valence-electron chi connectivity index (χ4n) is 5.62. The van der Waals surface area contributed by atoms with Gasteiger partial charge in [0.25, 0.3) is 5.91 Å². The average Bonchev–Trinajstić information content (AvgIpc) is 3.43. The molecule has 2 amide bonds. The smallest absolute Gasteiger partial charge is 0.252 e. The van der Waals surface area contributed by atoms with Gasteiger partial charge in [0.1, 0.15) is 16.9 Å². The van der Waals surface area contributed by atoms with E-state index in [0.29, 0.717) is 22.1 Å². The van der Waals surface area contributed by atoms with Crippen LogP contribution in [0.15, 0.2) is 47.5 Å². The van der Waals surface area contributed by atoms with Crippen molar-refractivity contribution in [2.75, 3.05) is 5.32 Å². The Bertz CT molecular complexity index is 1730. The molecule has 0 saturated heterocycles. The summed E-state index contributed by atoms with van der Waals surface area (Å²) in [5, 5.41) is 16.5. The summed E-state index contributed by atoms with van der Waals surface area (Å²) in [6.45, 7) is 6.11. The molecule has 1 spiro atoms. The SMILES string of the molecule is Cc1sc2c(c1C)C(c1ccc(Cl)cc1)=N[C@@H](CC(=O)Nc1ccc3c(c1)C(=O)NC31CC1)c1nnc(C)n1-2. The van der Waals surface area contributed by atoms with E-state index in [0.717, 1.165) is 51.6 Å². The van der Waals surface area contributed by atoms with Gasteiger partial charge in [-0.3, -0.25) is 19.1 Å². The second kappa shape index (κ2) is 8.59. The molecule has 1 aliphatic carbocycles. The molecule has 1 fully saturated rings. The number of rotatable bonds is 4. The molecule has 1 atom stereocenters. The normalized spacial score (nSPS) is 18.1. The van der Waals surface area contributed by atoms with Crippen molar-refractivity contribution >= 4 is 46.2 Å². The molecule has 2 aliphatic heterocycles. The van der Waals surface area contributed by atoms with E-state index >= 15 is 0 Å². The molecule has 3 aliphatic rings. The van der Waals surface area contributed by atoms with Crippen LogP contribution in [0.4, 0.5) is 5.69 Å². The number of aryl methyl sites for hydroxylation is 2. The largest absolute Gasteiger partial charge is 0.342 e. The molecule has 1 saturated carbocycles. The minimum absolute atomic E-state index is 0.0649. The van der Waals surface area contributed by atoms with Gasteiger partial charge < -0.3 is 10.6 Å². The number of carbonyl (C=O) groups excluding carboxylic acids is 2. The first kappa shape index (κ1) is 24.2. The predicted molar refractivity (Wildman–Crippen MR) is 151 cm³/mol. The molecule has 4 heterocycles. The van der Waals surface area contributed by atoms with Crippen molar-refractivity contribution in [2.45, 2.75) is 51.6 Å². The van der Waals surface area contributed by atoms with Crippen LogP contribution in [0.1, 0.15) is 74.4 Å². The molecule has 4 aromatic rings. The number of amides is 2. The van der Waals surface area contributed by atoms with E-state index in [1.807, 2.05) is 47.9 Å². The Balaban J connectivity index is 1.26. The highest BCUT2D eigenvalue weighted by Gasteiger charge is 2.52. The maximum absolute atomic E-state index is 13.4. The fraction of sp³-hybridized carbons (Fsp3) is 0.276. The topological polar surface area (TPSA) is 101 Å². The Hall–Kier alpha value is -3.82. The van der Waals surface area contributed by atoms with E-state index in [1.54, 1.807) is 17.4 Å². The van der Waals surface area contributed by atoms with Gasteiger partial charge >= 0.3 is 0 Å². The zero-order valence-electron chi connectivity index (χ0n) is 21.6. The van der Waals surface area contributed by atoms with Gasteiger partial charge in [0.15, 0.2) is 5.82 Å². The van der Waals surface area contributed by atoms with E-state index in [1.165, 1.54) is 4.88 Å². The summed E-state index contributed by atoms with van der Waals surface area (Å²) >= 11 is 7.87. The molecule has 8 nitrogen and oxygen atoms in total. The van der Waals surface area contributed by atoms with Gasteiger partial charge in [-0.1, -0.05) is 29.8 Å². The molecule has 0 unspecified atom stereocenters. The van der Waals surface area contributed by atoms with E-state index < -0.39 is 6.04 Å². The maximum atomic E-state index is 13.4. The van der Waals surface area contributed by atoms with E-state index in [4.69, 9.17) is 16.6 Å². The van der Waals surface area contributed by atoms with Crippen LogP contribution in [0.5, 0.6) is 0 Å². The van der Waals surface area contributed by atoms with Gasteiger partial charge in [-0.15, -0.1) is 21.5 Å². The molecule has 39 heavy (non-hydrogen) atoms. The van der Waals surface area contributed by atoms with Crippen molar-refractivity contribution in [3.8, 4) is 5.00 Å². The van der Waals surface area contributed by atoms with Gasteiger partial charge in [0.2, 0.25) is 5.91 Å². The Morgan fingerprint density at radius 3 is 2.67 bits per heavy atom. The zero-order valence-corrected chi connectivity index (χ0v) is 23.2. The molecule has 2 aromatic heterocycles. The number of aliphatic imine (C=N–C) groups is 1. The van der Waals surface area contributed by atoms with Gasteiger partial charge in [0, 0.05) is 32.3 Å². The summed E-state index contributed by atoms with van der Waals surface area (Å²) < 4.78 is 2.03. The lowest BCUT2D eigenvalue weighted by molar-refractivity contribution is -0.116. The van der Waals surface area contributed by atoms with Crippen molar-refractivity contribution in [3.05, 3.63) is 91.8 Å². The van der Waals surface area contributed by atoms with E-state index in [-0.39, 0.29) is 23.8 Å². The predicted octanol–water partition coefficient (Wildman–Crippen LogP) is 5.56. The van der Waals surface area contributed by atoms with Crippen LogP contribution < -0.4 is 10.6 Å². The monoisotopic (exact) mass is 556 g/mol. The average molecular weight is 557 g/mol. The lowest BCUT2D eigenvalue weighted by atomic mass is 9.99. The number of nitrogens with zero attached hydrogens (tertiary/aromatic N) is 4. The molecule has 2 N–H and O–H groups in total. The van der Waals surface area contributed by atoms with Crippen LogP contribution in [0.25, 0.3) is 5.00 Å². The van der Waals surface area contributed by atoms with E-state index in [9.17, 15) is 9.59 Å². The molecule has 196 valence electrons. The highest BCUT2D eigenvalue weighted by atomic mass is 35.5. The summed E-state index contributed by atoms with van der Waals surface area (Å²) in [7, 11) is 0. The van der Waals surface area contributed by atoms with Crippen molar-refractivity contribution in [3.63, 3.8) is 0 Å². The molecule has 10 heteroatoms. The number of carbonyl (C=O) groups is 2. The standard InChI is InChI=1S/C29H25ClN6O2S/c1-14-15(2)39-28-24(14)25(17-4-6-18(30)7-5-17)32-22(26-35-34-16(3)36(26)28)13-23(37)31-19-8-9-21-20(12-19)27(38)33-29(21)10-11-29/h4-9,12,22H,10-11,13H2,1-3H3,(H,31,37)(H,33,38)/t22-/m0/s1. The highest BCUT2D eigenvalue weighted by Crippen LogP contribution is 2.50. The Labute approximate surface area is 234 Å². The Morgan fingerprint density at radius 1 is 1.15 bits per heavy atom. The quantitative estimate of drug-likeness (QED) is 0.343. The summed E-state index contributed by atoms with van der Waals surface area (Å²) in [4.78, 5) is 32.3. The summed E-state index contributed by atoms with van der Waals surface area (Å²) in [5.41, 5.74) is 5.92. The second-order valence-corrected chi connectivity index (χ2v) is 12.1. The lowest BCUT2D eigenvalue weighted by Gasteiger charge is -2.14. The molecule has 7 rings (SSSR count). The van der Waals surface area contributed by atoms with E-state index in [2.05, 4.69) is 34.7 Å². The second-order valence-electron chi connectivity index (χ2n) is 10.5. The van der Waals surface area contributed by atoms with Gasteiger partial charge in [-0.25, -0.2) is 0 Å². The first-order valence-corrected chi connectivity index (χ1v) is 14.1. The number of hydrogen-bond acceptors (Lipinski definition) is 6. The number of aromatic nitrogens is 3. The van der Waals surface area contributed by atoms with Crippen LogP contribution in [-0.2, 0) is 10.3 Å². The number of benzene rings is 2. The van der Waals surface area contributed by atoms with Crippen LogP contribution >= 0.6 is 22.9 Å². The van der Waals surface area contributed by atoms with Crippen LogP contribution in [-0.4, -0.2) is 32.3 Å². The Kier molecular flexibility index (Phi) is 5.34.